The van der Waals surface area contributed by atoms with Gasteiger partial charge in [0.05, 0.1) is 0 Å². The number of rotatable bonds is 6. The maximum Gasteiger partial charge on any atom is 0.439 e. The van der Waals surface area contributed by atoms with Gasteiger partial charge in [0.1, 0.15) is 0 Å². The van der Waals surface area contributed by atoms with E-state index in [-0.39, 0.29) is 0 Å². The molecule has 0 aromatic heterocycles. The zero-order valence-electron chi connectivity index (χ0n) is 7.52. The number of hydrogen-bond donors (Lipinski definition) is 0. The maximum absolute atomic E-state index is 5.99. The molecule has 0 aromatic carbocycles. The minimum absolute atomic E-state index is 0.704. The summed E-state index contributed by atoms with van der Waals surface area (Å²) < 4.78 is 10.7. The van der Waals surface area contributed by atoms with Gasteiger partial charge in [-0.15, -0.1) is 0 Å². The molecule has 0 aliphatic rings. The van der Waals surface area contributed by atoms with Crippen LogP contribution in [0.3, 0.4) is 0 Å². The van der Waals surface area contributed by atoms with Crippen LogP contribution in [0.1, 0.15) is 26.7 Å². The van der Waals surface area contributed by atoms with Crippen LogP contribution in [0.25, 0.3) is 0 Å². The molecule has 0 fully saturated rings. The molecule has 4 heteroatoms. The molecule has 0 N–H and O–H groups in total. The topological polar surface area (TPSA) is 18.5 Å². The molecule has 0 saturated carbocycles. The first kappa shape index (κ1) is 11.4. The Morgan fingerprint density at radius 2 is 1.45 bits per heavy atom. The third kappa shape index (κ3) is 6.81. The van der Waals surface area contributed by atoms with E-state index in [9.17, 15) is 0 Å². The molecule has 0 atom stereocenters. The van der Waals surface area contributed by atoms with Gasteiger partial charge in [0, 0.05) is 13.2 Å². The Labute approximate surface area is 74.8 Å². The normalized spacial score (nSPS) is 12.0. The minimum Gasteiger partial charge on any atom is -0.383 e. The van der Waals surface area contributed by atoms with Crippen molar-refractivity contribution >= 4 is 18.9 Å². The highest BCUT2D eigenvalue weighted by atomic mass is 35.6. The van der Waals surface area contributed by atoms with Crippen LogP contribution in [-0.2, 0) is 8.85 Å². The second kappa shape index (κ2) is 6.00. The third-order valence-corrected chi connectivity index (χ3v) is 3.22. The van der Waals surface area contributed by atoms with Gasteiger partial charge in [0.2, 0.25) is 0 Å². The summed E-state index contributed by atoms with van der Waals surface area (Å²) in [5.74, 6) is 0. The van der Waals surface area contributed by atoms with Crippen molar-refractivity contribution in [1.82, 2.24) is 0 Å². The molecule has 0 aromatic rings. The standard InChI is InChI=1S/C7H17ClO2Si/c1-4-6-9-11(3,8)10-7-5-2/h4-7H2,1-3H3. The smallest absolute Gasteiger partial charge is 0.383 e. The number of halogens is 1. The first-order valence-corrected chi connectivity index (χ1v) is 7.42. The number of hydrogen-bond acceptors (Lipinski definition) is 2. The molecule has 68 valence electrons. The summed E-state index contributed by atoms with van der Waals surface area (Å²) in [6.07, 6.45) is 1.98. The maximum atomic E-state index is 5.99. The zero-order valence-corrected chi connectivity index (χ0v) is 9.28. The van der Waals surface area contributed by atoms with Crippen molar-refractivity contribution in [3.8, 4) is 0 Å². The van der Waals surface area contributed by atoms with Gasteiger partial charge in [-0.1, -0.05) is 24.9 Å². The molecule has 0 saturated heterocycles. The highest BCUT2D eigenvalue weighted by Crippen LogP contribution is 2.12. The lowest BCUT2D eigenvalue weighted by molar-refractivity contribution is 0.192. The van der Waals surface area contributed by atoms with Gasteiger partial charge in [0.25, 0.3) is 0 Å². The fourth-order valence-corrected chi connectivity index (χ4v) is 2.29. The predicted octanol–water partition coefficient (Wildman–Crippen LogP) is 2.65. The first-order valence-electron chi connectivity index (χ1n) is 4.09. The minimum atomic E-state index is -2.27. The van der Waals surface area contributed by atoms with Crippen molar-refractivity contribution < 1.29 is 8.85 Å². The van der Waals surface area contributed by atoms with Crippen LogP contribution in [0.2, 0.25) is 6.55 Å². The van der Waals surface area contributed by atoms with E-state index in [1.165, 1.54) is 0 Å². The van der Waals surface area contributed by atoms with Gasteiger partial charge in [0.15, 0.2) is 0 Å². The molecule has 0 heterocycles. The molecule has 0 amide bonds. The van der Waals surface area contributed by atoms with Crippen LogP contribution in [0, 0.1) is 0 Å². The molecule has 0 rings (SSSR count). The molecular formula is C7H17ClO2Si. The van der Waals surface area contributed by atoms with Crippen LogP contribution >= 0.6 is 11.1 Å². The van der Waals surface area contributed by atoms with Crippen molar-refractivity contribution in [3.63, 3.8) is 0 Å². The molecule has 2 nitrogen and oxygen atoms in total. The Bertz CT molecular complexity index is 88.4. The monoisotopic (exact) mass is 196 g/mol. The molecule has 0 spiro atoms. The van der Waals surface area contributed by atoms with Gasteiger partial charge in [-0.3, -0.25) is 0 Å². The summed E-state index contributed by atoms with van der Waals surface area (Å²) in [7, 11) is -2.27. The highest BCUT2D eigenvalue weighted by Gasteiger charge is 2.27. The van der Waals surface area contributed by atoms with E-state index in [0.29, 0.717) is 13.2 Å². The molecule has 0 aliphatic heterocycles. The van der Waals surface area contributed by atoms with Gasteiger partial charge in [-0.25, -0.2) is 0 Å². The molecule has 0 aliphatic carbocycles. The van der Waals surface area contributed by atoms with E-state index in [2.05, 4.69) is 13.8 Å². The van der Waals surface area contributed by atoms with E-state index in [0.717, 1.165) is 12.8 Å². The summed E-state index contributed by atoms with van der Waals surface area (Å²) in [5.41, 5.74) is 0. The van der Waals surface area contributed by atoms with Crippen molar-refractivity contribution in [2.45, 2.75) is 33.2 Å². The van der Waals surface area contributed by atoms with Crippen molar-refractivity contribution in [1.29, 1.82) is 0 Å². The lowest BCUT2D eigenvalue weighted by Gasteiger charge is -2.18. The van der Waals surface area contributed by atoms with Crippen molar-refractivity contribution in [2.24, 2.45) is 0 Å². The Morgan fingerprint density at radius 3 is 1.73 bits per heavy atom. The van der Waals surface area contributed by atoms with Gasteiger partial charge in [-0.2, -0.15) is 0 Å². The van der Waals surface area contributed by atoms with E-state index in [1.54, 1.807) is 0 Å². The van der Waals surface area contributed by atoms with Crippen LogP contribution in [0.4, 0.5) is 0 Å². The molecular weight excluding hydrogens is 180 g/mol. The van der Waals surface area contributed by atoms with Gasteiger partial charge in [-0.05, 0) is 19.4 Å². The van der Waals surface area contributed by atoms with Crippen LogP contribution in [-0.4, -0.2) is 21.1 Å². The van der Waals surface area contributed by atoms with Crippen LogP contribution in [0.15, 0.2) is 0 Å². The quantitative estimate of drug-likeness (QED) is 0.481. The summed E-state index contributed by atoms with van der Waals surface area (Å²) in [6.45, 7) is 7.38. The van der Waals surface area contributed by atoms with E-state index >= 15 is 0 Å². The van der Waals surface area contributed by atoms with Crippen molar-refractivity contribution in [3.05, 3.63) is 0 Å². The van der Waals surface area contributed by atoms with Gasteiger partial charge >= 0.3 is 7.87 Å². The molecule has 11 heavy (non-hydrogen) atoms. The van der Waals surface area contributed by atoms with Crippen LogP contribution in [0.5, 0.6) is 0 Å². The summed E-state index contributed by atoms with van der Waals surface area (Å²) in [6, 6.07) is 0. The zero-order chi connectivity index (χ0) is 8.74. The Balaban J connectivity index is 3.43. The Kier molecular flexibility index (Phi) is 6.23. The first-order chi connectivity index (χ1) is 5.12. The molecule has 0 bridgehead atoms. The Morgan fingerprint density at radius 1 is 1.09 bits per heavy atom. The lowest BCUT2D eigenvalue weighted by atomic mass is 10.5. The van der Waals surface area contributed by atoms with Crippen molar-refractivity contribution in [2.75, 3.05) is 13.2 Å². The van der Waals surface area contributed by atoms with E-state index in [4.69, 9.17) is 19.9 Å². The average Bonchev–Trinajstić information content (AvgIpc) is 1.97. The van der Waals surface area contributed by atoms with Gasteiger partial charge < -0.3 is 8.85 Å². The predicted molar refractivity (Wildman–Crippen MR) is 50.0 cm³/mol. The highest BCUT2D eigenvalue weighted by molar-refractivity contribution is 7.12. The summed E-state index contributed by atoms with van der Waals surface area (Å²) in [5, 5.41) is 0. The summed E-state index contributed by atoms with van der Waals surface area (Å²) >= 11 is 5.99. The fraction of sp³-hybridized carbons (Fsp3) is 1.00. The fourth-order valence-electron chi connectivity index (χ4n) is 0.610. The lowest BCUT2D eigenvalue weighted by Crippen LogP contribution is -2.32. The third-order valence-electron chi connectivity index (χ3n) is 1.13. The van der Waals surface area contributed by atoms with E-state index in [1.807, 2.05) is 6.55 Å². The second-order valence-corrected chi connectivity index (χ2v) is 6.84. The summed E-state index contributed by atoms with van der Waals surface area (Å²) in [4.78, 5) is 0. The largest absolute Gasteiger partial charge is 0.439 e. The molecule has 0 unspecified atom stereocenters. The van der Waals surface area contributed by atoms with E-state index < -0.39 is 7.87 Å². The van der Waals surface area contributed by atoms with Crippen LogP contribution < -0.4 is 0 Å². The Hall–Kier alpha value is 0.427. The molecule has 0 radical (unpaired) electrons. The SMILES string of the molecule is CCCO[Si](C)(Cl)OCCC. The average molecular weight is 197 g/mol. The second-order valence-electron chi connectivity index (χ2n) is 2.53.